The SMILES string of the molecule is CCOc1cccc(C(c2ccc(Cl)s2)N2CCCC(C(=O)O)C2)c1. The molecule has 0 radical (unpaired) electrons. The van der Waals surface area contributed by atoms with E-state index in [1.807, 2.05) is 37.3 Å². The molecular formula is C19H22ClNO3S. The minimum Gasteiger partial charge on any atom is -0.494 e. The first-order chi connectivity index (χ1) is 12.1. The van der Waals surface area contributed by atoms with E-state index < -0.39 is 5.97 Å². The van der Waals surface area contributed by atoms with Gasteiger partial charge in [0.05, 0.1) is 22.9 Å². The summed E-state index contributed by atoms with van der Waals surface area (Å²) >= 11 is 7.72. The van der Waals surface area contributed by atoms with E-state index in [1.165, 1.54) is 0 Å². The maximum atomic E-state index is 11.5. The second kappa shape index (κ2) is 8.21. The molecule has 6 heteroatoms. The molecule has 1 aromatic carbocycles. The van der Waals surface area contributed by atoms with E-state index in [4.69, 9.17) is 16.3 Å². The van der Waals surface area contributed by atoms with Crippen LogP contribution in [0.25, 0.3) is 0 Å². The molecule has 2 aromatic rings. The van der Waals surface area contributed by atoms with Gasteiger partial charge >= 0.3 is 5.97 Å². The van der Waals surface area contributed by atoms with Crippen molar-refractivity contribution < 1.29 is 14.6 Å². The molecule has 0 spiro atoms. The van der Waals surface area contributed by atoms with Crippen LogP contribution in [-0.4, -0.2) is 35.7 Å². The highest BCUT2D eigenvalue weighted by Crippen LogP contribution is 2.38. The van der Waals surface area contributed by atoms with Crippen LogP contribution in [0.5, 0.6) is 5.75 Å². The lowest BCUT2D eigenvalue weighted by Crippen LogP contribution is -2.41. The molecule has 1 aliphatic heterocycles. The fourth-order valence-corrected chi connectivity index (χ4v) is 4.64. The molecule has 0 saturated carbocycles. The number of halogens is 1. The first-order valence-electron chi connectivity index (χ1n) is 8.53. The number of ether oxygens (including phenoxy) is 1. The van der Waals surface area contributed by atoms with Crippen LogP contribution in [-0.2, 0) is 4.79 Å². The molecular weight excluding hydrogens is 358 g/mol. The summed E-state index contributed by atoms with van der Waals surface area (Å²) in [5, 5.41) is 9.43. The van der Waals surface area contributed by atoms with Crippen LogP contribution in [0.3, 0.4) is 0 Å². The number of benzene rings is 1. The molecule has 1 aromatic heterocycles. The molecule has 25 heavy (non-hydrogen) atoms. The minimum atomic E-state index is -0.712. The van der Waals surface area contributed by atoms with Crippen molar-refractivity contribution in [1.82, 2.24) is 4.90 Å². The zero-order valence-electron chi connectivity index (χ0n) is 14.2. The summed E-state index contributed by atoms with van der Waals surface area (Å²) in [5.41, 5.74) is 1.11. The van der Waals surface area contributed by atoms with Gasteiger partial charge in [0.15, 0.2) is 0 Å². The number of carbonyl (C=O) groups is 1. The lowest BCUT2D eigenvalue weighted by Gasteiger charge is -2.37. The second-order valence-corrected chi connectivity index (χ2v) is 7.97. The van der Waals surface area contributed by atoms with E-state index >= 15 is 0 Å². The second-order valence-electron chi connectivity index (χ2n) is 6.22. The van der Waals surface area contributed by atoms with Gasteiger partial charge in [-0.05, 0) is 56.1 Å². The van der Waals surface area contributed by atoms with E-state index in [0.717, 1.165) is 39.9 Å². The molecule has 0 amide bonds. The Bertz CT molecular complexity index is 733. The van der Waals surface area contributed by atoms with Gasteiger partial charge in [0.1, 0.15) is 5.75 Å². The number of nitrogens with zero attached hydrogens (tertiary/aromatic N) is 1. The molecule has 1 fully saturated rings. The van der Waals surface area contributed by atoms with Crippen molar-refractivity contribution in [3.63, 3.8) is 0 Å². The van der Waals surface area contributed by atoms with Crippen molar-refractivity contribution in [3.05, 3.63) is 51.2 Å². The molecule has 0 bridgehead atoms. The van der Waals surface area contributed by atoms with Crippen LogP contribution in [0.2, 0.25) is 4.34 Å². The van der Waals surface area contributed by atoms with E-state index in [9.17, 15) is 9.90 Å². The third-order valence-corrected chi connectivity index (χ3v) is 5.80. The summed E-state index contributed by atoms with van der Waals surface area (Å²) in [7, 11) is 0. The zero-order valence-corrected chi connectivity index (χ0v) is 15.7. The van der Waals surface area contributed by atoms with Gasteiger partial charge in [-0.3, -0.25) is 9.69 Å². The van der Waals surface area contributed by atoms with Crippen LogP contribution in [0.4, 0.5) is 0 Å². The van der Waals surface area contributed by atoms with Gasteiger partial charge in [0.25, 0.3) is 0 Å². The van der Waals surface area contributed by atoms with Gasteiger partial charge in [0, 0.05) is 11.4 Å². The van der Waals surface area contributed by atoms with Crippen molar-refractivity contribution in [3.8, 4) is 5.75 Å². The molecule has 1 aliphatic rings. The highest BCUT2D eigenvalue weighted by Gasteiger charge is 2.32. The van der Waals surface area contributed by atoms with E-state index in [-0.39, 0.29) is 12.0 Å². The van der Waals surface area contributed by atoms with Crippen molar-refractivity contribution in [2.75, 3.05) is 19.7 Å². The Morgan fingerprint density at radius 3 is 2.96 bits per heavy atom. The minimum absolute atomic E-state index is 0.0000520. The molecule has 134 valence electrons. The van der Waals surface area contributed by atoms with Crippen molar-refractivity contribution in [2.45, 2.75) is 25.8 Å². The summed E-state index contributed by atoms with van der Waals surface area (Å²) in [6, 6.07) is 12.0. The van der Waals surface area contributed by atoms with E-state index in [1.54, 1.807) is 11.3 Å². The number of carboxylic acids is 1. The number of aliphatic carboxylic acids is 1. The number of carboxylic acid groups (broad SMARTS) is 1. The quantitative estimate of drug-likeness (QED) is 0.791. The average molecular weight is 380 g/mol. The van der Waals surface area contributed by atoms with E-state index in [2.05, 4.69) is 11.0 Å². The standard InChI is InChI=1S/C19H22ClNO3S/c1-2-24-15-7-3-5-13(11-15)18(16-8-9-17(20)25-16)21-10-4-6-14(12-21)19(22)23/h3,5,7-9,11,14,18H,2,4,6,10,12H2,1H3,(H,22,23). The third-order valence-electron chi connectivity index (χ3n) is 4.52. The third kappa shape index (κ3) is 4.35. The summed E-state index contributed by atoms with van der Waals surface area (Å²) in [6.07, 6.45) is 1.63. The predicted molar refractivity (Wildman–Crippen MR) is 101 cm³/mol. The van der Waals surface area contributed by atoms with Crippen LogP contribution in [0.1, 0.15) is 36.2 Å². The monoisotopic (exact) mass is 379 g/mol. The summed E-state index contributed by atoms with van der Waals surface area (Å²) < 4.78 is 6.39. The number of hydrogen-bond donors (Lipinski definition) is 1. The first kappa shape index (κ1) is 18.2. The Kier molecular flexibility index (Phi) is 5.99. The largest absolute Gasteiger partial charge is 0.494 e. The highest BCUT2D eigenvalue weighted by atomic mass is 35.5. The molecule has 2 atom stereocenters. The van der Waals surface area contributed by atoms with Crippen molar-refractivity contribution in [1.29, 1.82) is 0 Å². The lowest BCUT2D eigenvalue weighted by atomic mass is 9.94. The highest BCUT2D eigenvalue weighted by molar-refractivity contribution is 7.16. The lowest BCUT2D eigenvalue weighted by molar-refractivity contribution is -0.143. The number of likely N-dealkylation sites (tertiary alicyclic amines) is 1. The maximum Gasteiger partial charge on any atom is 0.307 e. The Labute approximate surface area is 157 Å². The predicted octanol–water partition coefficient (Wildman–Crippen LogP) is 4.69. The van der Waals surface area contributed by atoms with Gasteiger partial charge in [-0.25, -0.2) is 0 Å². The van der Waals surface area contributed by atoms with Gasteiger partial charge < -0.3 is 9.84 Å². The maximum absolute atomic E-state index is 11.5. The number of piperidine rings is 1. The zero-order chi connectivity index (χ0) is 17.8. The fourth-order valence-electron chi connectivity index (χ4n) is 3.41. The average Bonchev–Trinajstić information content (AvgIpc) is 3.02. The number of rotatable bonds is 6. The Morgan fingerprint density at radius 1 is 1.44 bits per heavy atom. The Hall–Kier alpha value is -1.56. The Balaban J connectivity index is 1.95. The van der Waals surface area contributed by atoms with Gasteiger partial charge in [-0.1, -0.05) is 23.7 Å². The summed E-state index contributed by atoms with van der Waals surface area (Å²) in [4.78, 5) is 14.9. The Morgan fingerprint density at radius 2 is 2.28 bits per heavy atom. The molecule has 0 aliphatic carbocycles. The van der Waals surface area contributed by atoms with Crippen molar-refractivity contribution in [2.24, 2.45) is 5.92 Å². The normalized spacial score (nSPS) is 19.5. The molecule has 1 saturated heterocycles. The van der Waals surface area contributed by atoms with Crippen LogP contribution >= 0.6 is 22.9 Å². The number of hydrogen-bond acceptors (Lipinski definition) is 4. The fraction of sp³-hybridized carbons (Fsp3) is 0.421. The van der Waals surface area contributed by atoms with E-state index in [0.29, 0.717) is 13.2 Å². The van der Waals surface area contributed by atoms with Crippen LogP contribution in [0.15, 0.2) is 36.4 Å². The summed E-state index contributed by atoms with van der Waals surface area (Å²) in [6.45, 7) is 4.01. The molecule has 2 unspecified atom stereocenters. The molecule has 4 nitrogen and oxygen atoms in total. The molecule has 1 N–H and O–H groups in total. The molecule has 3 rings (SSSR count). The molecule has 2 heterocycles. The smallest absolute Gasteiger partial charge is 0.307 e. The topological polar surface area (TPSA) is 49.8 Å². The van der Waals surface area contributed by atoms with Gasteiger partial charge in [-0.15, -0.1) is 11.3 Å². The van der Waals surface area contributed by atoms with Crippen LogP contribution in [0, 0.1) is 5.92 Å². The van der Waals surface area contributed by atoms with Crippen LogP contribution < -0.4 is 4.74 Å². The van der Waals surface area contributed by atoms with Crippen molar-refractivity contribution >= 4 is 28.9 Å². The number of thiophene rings is 1. The first-order valence-corrected chi connectivity index (χ1v) is 9.72. The summed E-state index contributed by atoms with van der Waals surface area (Å²) in [5.74, 6) is -0.197. The van der Waals surface area contributed by atoms with Gasteiger partial charge in [-0.2, -0.15) is 0 Å². The van der Waals surface area contributed by atoms with Gasteiger partial charge in [0.2, 0.25) is 0 Å².